The summed E-state index contributed by atoms with van der Waals surface area (Å²) in [6.45, 7) is 3.26. The van der Waals surface area contributed by atoms with Gasteiger partial charge in [0.05, 0.1) is 6.61 Å². The van der Waals surface area contributed by atoms with Crippen molar-refractivity contribution in [1.29, 1.82) is 0 Å². The van der Waals surface area contributed by atoms with Gasteiger partial charge in [0.25, 0.3) is 0 Å². The van der Waals surface area contributed by atoms with Gasteiger partial charge in [0, 0.05) is 6.07 Å². The minimum atomic E-state index is -0.637. The standard InChI is InChI=1S/C9H12BFO2/c1-3-13-9-6-7(11)4-5-8(9)10(2)12/h4-6,12H,3H2,1-2H3. The maximum Gasteiger partial charge on any atom is 0.324 e. The molecule has 13 heavy (non-hydrogen) atoms. The highest BCUT2D eigenvalue weighted by Crippen LogP contribution is 2.10. The van der Waals surface area contributed by atoms with Gasteiger partial charge >= 0.3 is 6.92 Å². The average Bonchev–Trinajstić information content (AvgIpc) is 2.04. The zero-order valence-electron chi connectivity index (χ0n) is 7.75. The summed E-state index contributed by atoms with van der Waals surface area (Å²) in [5, 5.41) is 9.32. The van der Waals surface area contributed by atoms with Crippen LogP contribution in [0.15, 0.2) is 18.2 Å². The van der Waals surface area contributed by atoms with Crippen LogP contribution in [0.4, 0.5) is 4.39 Å². The second kappa shape index (κ2) is 4.28. The van der Waals surface area contributed by atoms with E-state index in [1.165, 1.54) is 18.2 Å². The molecule has 0 fully saturated rings. The molecule has 0 radical (unpaired) electrons. The molecule has 0 spiro atoms. The van der Waals surface area contributed by atoms with Crippen LogP contribution in [-0.2, 0) is 0 Å². The fraction of sp³-hybridized carbons (Fsp3) is 0.333. The van der Waals surface area contributed by atoms with Gasteiger partial charge in [0.1, 0.15) is 11.6 Å². The van der Waals surface area contributed by atoms with E-state index in [1.54, 1.807) is 6.82 Å². The van der Waals surface area contributed by atoms with E-state index in [9.17, 15) is 9.41 Å². The van der Waals surface area contributed by atoms with Crippen LogP contribution in [0.25, 0.3) is 0 Å². The first kappa shape index (κ1) is 10.1. The molecule has 70 valence electrons. The van der Waals surface area contributed by atoms with Crippen LogP contribution in [0.5, 0.6) is 5.75 Å². The van der Waals surface area contributed by atoms with Crippen molar-refractivity contribution >= 4 is 12.4 Å². The van der Waals surface area contributed by atoms with Crippen LogP contribution >= 0.6 is 0 Å². The van der Waals surface area contributed by atoms with Crippen molar-refractivity contribution in [3.05, 3.63) is 24.0 Å². The monoisotopic (exact) mass is 182 g/mol. The molecule has 1 rings (SSSR count). The fourth-order valence-electron chi connectivity index (χ4n) is 1.13. The highest BCUT2D eigenvalue weighted by molar-refractivity contribution is 6.65. The first-order valence-corrected chi connectivity index (χ1v) is 4.25. The third-order valence-electron chi connectivity index (χ3n) is 1.73. The molecule has 0 amide bonds. The van der Waals surface area contributed by atoms with Crippen molar-refractivity contribution in [2.75, 3.05) is 6.61 Å². The lowest BCUT2D eigenvalue weighted by molar-refractivity contribution is 0.340. The van der Waals surface area contributed by atoms with E-state index in [2.05, 4.69) is 0 Å². The Balaban J connectivity index is 3.03. The van der Waals surface area contributed by atoms with Crippen LogP contribution in [0, 0.1) is 5.82 Å². The number of ether oxygens (including phenoxy) is 1. The van der Waals surface area contributed by atoms with E-state index in [1.807, 2.05) is 6.92 Å². The van der Waals surface area contributed by atoms with Gasteiger partial charge in [-0.2, -0.15) is 0 Å². The molecule has 0 aromatic heterocycles. The Bertz CT molecular complexity index is 289. The molecule has 1 aromatic carbocycles. The van der Waals surface area contributed by atoms with Gasteiger partial charge in [-0.3, -0.25) is 0 Å². The van der Waals surface area contributed by atoms with Gasteiger partial charge < -0.3 is 9.76 Å². The number of hydrogen-bond donors (Lipinski definition) is 1. The molecule has 0 atom stereocenters. The van der Waals surface area contributed by atoms with Gasteiger partial charge in [-0.05, 0) is 18.5 Å². The molecule has 1 aromatic rings. The summed E-state index contributed by atoms with van der Waals surface area (Å²) in [5.74, 6) is 0.0605. The zero-order chi connectivity index (χ0) is 9.84. The molecule has 0 aliphatic heterocycles. The summed E-state index contributed by atoms with van der Waals surface area (Å²) in [5.41, 5.74) is 0.614. The van der Waals surface area contributed by atoms with E-state index in [-0.39, 0.29) is 5.82 Å². The van der Waals surface area contributed by atoms with Gasteiger partial charge in [0.15, 0.2) is 0 Å². The minimum Gasteiger partial charge on any atom is -0.494 e. The highest BCUT2D eigenvalue weighted by atomic mass is 19.1. The summed E-state index contributed by atoms with van der Waals surface area (Å²) in [4.78, 5) is 0. The molecule has 0 unspecified atom stereocenters. The maximum absolute atomic E-state index is 12.8. The van der Waals surface area contributed by atoms with Crippen molar-refractivity contribution in [1.82, 2.24) is 0 Å². The topological polar surface area (TPSA) is 29.5 Å². The molecular weight excluding hydrogens is 170 g/mol. The average molecular weight is 182 g/mol. The van der Waals surface area contributed by atoms with Crippen molar-refractivity contribution in [2.24, 2.45) is 0 Å². The van der Waals surface area contributed by atoms with Crippen LogP contribution < -0.4 is 10.2 Å². The molecule has 0 bridgehead atoms. The first-order valence-electron chi connectivity index (χ1n) is 4.25. The summed E-state index contributed by atoms with van der Waals surface area (Å²) < 4.78 is 18.0. The van der Waals surface area contributed by atoms with Gasteiger partial charge in [0.2, 0.25) is 0 Å². The number of rotatable bonds is 3. The largest absolute Gasteiger partial charge is 0.494 e. The molecule has 0 saturated heterocycles. The smallest absolute Gasteiger partial charge is 0.324 e. The Morgan fingerprint density at radius 1 is 1.54 bits per heavy atom. The Hall–Kier alpha value is -1.03. The van der Waals surface area contributed by atoms with Crippen LogP contribution in [-0.4, -0.2) is 18.5 Å². The third-order valence-corrected chi connectivity index (χ3v) is 1.73. The molecule has 0 aliphatic carbocycles. The second-order valence-electron chi connectivity index (χ2n) is 2.79. The number of benzene rings is 1. The Morgan fingerprint density at radius 2 is 2.23 bits per heavy atom. The normalized spacial score (nSPS) is 9.85. The lowest BCUT2D eigenvalue weighted by Gasteiger charge is -2.09. The summed E-state index contributed by atoms with van der Waals surface area (Å²) in [6.07, 6.45) is 0. The van der Waals surface area contributed by atoms with Gasteiger partial charge in [-0.25, -0.2) is 4.39 Å². The fourth-order valence-corrected chi connectivity index (χ4v) is 1.13. The molecule has 1 N–H and O–H groups in total. The van der Waals surface area contributed by atoms with E-state index >= 15 is 0 Å². The second-order valence-corrected chi connectivity index (χ2v) is 2.79. The van der Waals surface area contributed by atoms with Crippen LogP contribution in [0.2, 0.25) is 6.82 Å². The van der Waals surface area contributed by atoms with E-state index in [0.717, 1.165) is 0 Å². The van der Waals surface area contributed by atoms with Crippen LogP contribution in [0.1, 0.15) is 6.92 Å². The first-order chi connectivity index (χ1) is 6.15. The predicted molar refractivity (Wildman–Crippen MR) is 51.0 cm³/mol. The van der Waals surface area contributed by atoms with Gasteiger partial charge in [-0.1, -0.05) is 12.9 Å². The lowest BCUT2D eigenvalue weighted by Crippen LogP contribution is -2.28. The van der Waals surface area contributed by atoms with E-state index in [0.29, 0.717) is 17.8 Å². The lowest BCUT2D eigenvalue weighted by atomic mass is 9.64. The quantitative estimate of drug-likeness (QED) is 0.707. The Morgan fingerprint density at radius 3 is 2.77 bits per heavy atom. The SMILES string of the molecule is CCOc1cc(F)ccc1B(C)O. The molecule has 0 saturated carbocycles. The summed E-state index contributed by atoms with van der Waals surface area (Å²) in [7, 11) is 0. The highest BCUT2D eigenvalue weighted by Gasteiger charge is 2.13. The summed E-state index contributed by atoms with van der Waals surface area (Å²) in [6, 6.07) is 4.13. The Kier molecular flexibility index (Phi) is 3.31. The minimum absolute atomic E-state index is 0.354. The summed E-state index contributed by atoms with van der Waals surface area (Å²) >= 11 is 0. The number of halogens is 1. The molecular formula is C9H12BFO2. The van der Waals surface area contributed by atoms with E-state index < -0.39 is 6.92 Å². The van der Waals surface area contributed by atoms with Gasteiger partial charge in [-0.15, -0.1) is 0 Å². The van der Waals surface area contributed by atoms with Crippen molar-refractivity contribution in [3.8, 4) is 5.75 Å². The molecule has 0 heterocycles. The third kappa shape index (κ3) is 2.46. The molecule has 2 nitrogen and oxygen atoms in total. The maximum atomic E-state index is 12.8. The van der Waals surface area contributed by atoms with Crippen LogP contribution in [0.3, 0.4) is 0 Å². The van der Waals surface area contributed by atoms with E-state index in [4.69, 9.17) is 4.74 Å². The van der Waals surface area contributed by atoms with Crippen molar-refractivity contribution in [2.45, 2.75) is 13.7 Å². The molecule has 4 heteroatoms. The Labute approximate surface area is 77.5 Å². The molecule has 0 aliphatic rings. The van der Waals surface area contributed by atoms with Crippen molar-refractivity contribution in [3.63, 3.8) is 0 Å². The van der Waals surface area contributed by atoms with Crippen molar-refractivity contribution < 1.29 is 14.2 Å². The number of hydrogen-bond acceptors (Lipinski definition) is 2. The zero-order valence-corrected chi connectivity index (χ0v) is 7.75. The predicted octanol–water partition coefficient (Wildman–Crippen LogP) is 1.04.